The van der Waals surface area contributed by atoms with Crippen molar-refractivity contribution in [2.45, 2.75) is 38.5 Å². The first-order valence-corrected chi connectivity index (χ1v) is 11.2. The lowest BCUT2D eigenvalue weighted by atomic mass is 10.1. The van der Waals surface area contributed by atoms with Gasteiger partial charge in [-0.1, -0.05) is 36.4 Å². The Morgan fingerprint density at radius 1 is 1.18 bits per heavy atom. The summed E-state index contributed by atoms with van der Waals surface area (Å²) in [6.07, 6.45) is 3.34. The van der Waals surface area contributed by atoms with E-state index in [0.717, 1.165) is 45.4 Å². The molecule has 0 unspecified atom stereocenters. The molecule has 0 radical (unpaired) electrons. The fraction of sp³-hybridized carbons (Fsp3) is 0.440. The smallest absolute Gasteiger partial charge is 0.191 e. The maximum atomic E-state index is 14.0. The molecule has 3 rings (SSSR count). The molecule has 0 aromatic heterocycles. The second-order valence-corrected chi connectivity index (χ2v) is 7.96. The van der Waals surface area contributed by atoms with E-state index in [2.05, 4.69) is 50.9 Å². The number of piperidine rings is 1. The highest BCUT2D eigenvalue weighted by Crippen LogP contribution is 2.16. The van der Waals surface area contributed by atoms with Gasteiger partial charge in [0.15, 0.2) is 5.96 Å². The predicted octanol–water partition coefficient (Wildman–Crippen LogP) is 4.05. The van der Waals surface area contributed by atoms with Crippen LogP contribution in [0.4, 0.5) is 4.39 Å². The van der Waals surface area contributed by atoms with Crippen molar-refractivity contribution >= 4 is 29.9 Å². The minimum absolute atomic E-state index is 0. The van der Waals surface area contributed by atoms with Crippen molar-refractivity contribution in [3.63, 3.8) is 0 Å². The average molecular weight is 565 g/mol. The zero-order valence-electron chi connectivity index (χ0n) is 19.1. The van der Waals surface area contributed by atoms with Crippen LogP contribution in [0.5, 0.6) is 0 Å². The molecule has 1 aliphatic heterocycles. The fourth-order valence-corrected chi connectivity index (χ4v) is 3.76. The molecule has 8 heteroatoms. The normalized spacial score (nSPS) is 14.9. The van der Waals surface area contributed by atoms with E-state index >= 15 is 0 Å². The number of likely N-dealkylation sites (tertiary alicyclic amines) is 1. The lowest BCUT2D eigenvalue weighted by molar-refractivity contribution is 0.00534. The van der Waals surface area contributed by atoms with Gasteiger partial charge in [-0.05, 0) is 37.0 Å². The van der Waals surface area contributed by atoms with Gasteiger partial charge in [-0.15, -0.1) is 24.0 Å². The van der Waals surface area contributed by atoms with Gasteiger partial charge in [-0.3, -0.25) is 9.89 Å². The molecule has 1 fully saturated rings. The van der Waals surface area contributed by atoms with E-state index in [4.69, 9.17) is 10.00 Å². The quantitative estimate of drug-likeness (QED) is 0.208. The van der Waals surface area contributed by atoms with Crippen molar-refractivity contribution < 1.29 is 9.13 Å². The van der Waals surface area contributed by atoms with Crippen molar-refractivity contribution in [3.05, 3.63) is 71.0 Å². The fourth-order valence-electron chi connectivity index (χ4n) is 3.76. The number of hydrogen-bond donors (Lipinski definition) is 2. The maximum absolute atomic E-state index is 14.0. The Morgan fingerprint density at radius 2 is 1.94 bits per heavy atom. The summed E-state index contributed by atoms with van der Waals surface area (Å²) < 4.78 is 20.0. The molecule has 6 nitrogen and oxygen atoms in total. The Morgan fingerprint density at radius 3 is 2.61 bits per heavy atom. The van der Waals surface area contributed by atoms with E-state index in [1.807, 2.05) is 6.07 Å². The molecule has 178 valence electrons. The maximum Gasteiger partial charge on any atom is 0.191 e. The van der Waals surface area contributed by atoms with Crippen LogP contribution in [0.25, 0.3) is 0 Å². The molecule has 0 spiro atoms. The Hall–Kier alpha value is -2.22. The zero-order valence-corrected chi connectivity index (χ0v) is 21.4. The number of nitriles is 1. The molecule has 0 saturated carbocycles. The molecular formula is C25H33FIN5O. The SMILES string of the molecule is CN=C(NCCCOC1CCN(Cc2ccccc2)CC1)NCc1ccc(C#N)cc1F.I. The summed E-state index contributed by atoms with van der Waals surface area (Å²) in [5.74, 6) is 0.221. The highest BCUT2D eigenvalue weighted by Gasteiger charge is 2.19. The molecule has 1 aliphatic rings. The van der Waals surface area contributed by atoms with Gasteiger partial charge in [0.2, 0.25) is 0 Å². The van der Waals surface area contributed by atoms with Gasteiger partial charge < -0.3 is 15.4 Å². The molecule has 1 saturated heterocycles. The first-order valence-electron chi connectivity index (χ1n) is 11.2. The van der Waals surface area contributed by atoms with Gasteiger partial charge in [-0.2, -0.15) is 5.26 Å². The minimum atomic E-state index is -0.393. The highest BCUT2D eigenvalue weighted by atomic mass is 127. The van der Waals surface area contributed by atoms with Crippen molar-refractivity contribution in [2.24, 2.45) is 4.99 Å². The summed E-state index contributed by atoms with van der Waals surface area (Å²) in [5.41, 5.74) is 2.17. The number of rotatable bonds is 9. The number of benzene rings is 2. The van der Waals surface area contributed by atoms with Crippen molar-refractivity contribution in [2.75, 3.05) is 33.3 Å². The van der Waals surface area contributed by atoms with E-state index in [0.29, 0.717) is 36.3 Å². The molecule has 0 bridgehead atoms. The molecule has 2 N–H and O–H groups in total. The van der Waals surface area contributed by atoms with Gasteiger partial charge >= 0.3 is 0 Å². The second kappa shape index (κ2) is 14.8. The van der Waals surface area contributed by atoms with Crippen LogP contribution < -0.4 is 10.6 Å². The Labute approximate surface area is 213 Å². The summed E-state index contributed by atoms with van der Waals surface area (Å²) in [6, 6.07) is 17.0. The number of nitrogens with one attached hydrogen (secondary N) is 2. The summed E-state index contributed by atoms with van der Waals surface area (Å²) in [6.45, 7) is 4.88. The summed E-state index contributed by atoms with van der Waals surface area (Å²) in [4.78, 5) is 6.66. The third-order valence-electron chi connectivity index (χ3n) is 5.60. The first-order chi connectivity index (χ1) is 15.7. The van der Waals surface area contributed by atoms with Crippen LogP contribution >= 0.6 is 24.0 Å². The molecule has 0 amide bonds. The number of guanidine groups is 1. The third-order valence-corrected chi connectivity index (χ3v) is 5.60. The van der Waals surface area contributed by atoms with Gasteiger partial charge in [0.1, 0.15) is 5.82 Å². The van der Waals surface area contributed by atoms with E-state index in [1.165, 1.54) is 11.6 Å². The van der Waals surface area contributed by atoms with Crippen LogP contribution in [0.2, 0.25) is 0 Å². The van der Waals surface area contributed by atoms with Gasteiger partial charge in [-0.25, -0.2) is 4.39 Å². The largest absolute Gasteiger partial charge is 0.378 e. The van der Waals surface area contributed by atoms with Crippen LogP contribution in [0.1, 0.15) is 36.0 Å². The van der Waals surface area contributed by atoms with Crippen LogP contribution in [0.15, 0.2) is 53.5 Å². The summed E-state index contributed by atoms with van der Waals surface area (Å²) in [7, 11) is 1.68. The lowest BCUT2D eigenvalue weighted by Crippen LogP contribution is -2.38. The third kappa shape index (κ3) is 9.27. The van der Waals surface area contributed by atoms with E-state index < -0.39 is 5.82 Å². The number of ether oxygens (including phenoxy) is 1. The predicted molar refractivity (Wildman–Crippen MR) is 140 cm³/mol. The molecule has 33 heavy (non-hydrogen) atoms. The average Bonchev–Trinajstić information content (AvgIpc) is 2.83. The molecule has 2 aromatic carbocycles. The number of halogens is 2. The Kier molecular flexibility index (Phi) is 12.1. The lowest BCUT2D eigenvalue weighted by Gasteiger charge is -2.32. The zero-order chi connectivity index (χ0) is 22.6. The molecule has 2 aromatic rings. The van der Waals surface area contributed by atoms with E-state index in [-0.39, 0.29) is 24.0 Å². The molecule has 1 heterocycles. The molecular weight excluding hydrogens is 532 g/mol. The van der Waals surface area contributed by atoms with Gasteiger partial charge in [0, 0.05) is 51.9 Å². The number of nitrogens with zero attached hydrogens (tertiary/aromatic N) is 3. The Bertz CT molecular complexity index is 911. The van der Waals surface area contributed by atoms with Crippen molar-refractivity contribution in [1.82, 2.24) is 15.5 Å². The molecule has 0 aliphatic carbocycles. The standard InChI is InChI=1S/C25H32FN5O.HI/c1-28-25(30-18-22-9-8-21(17-27)16-24(22)26)29-12-5-15-32-23-10-13-31(14-11-23)19-20-6-3-2-4-7-20;/h2-4,6-9,16,23H,5,10-15,18-19H2,1H3,(H2,28,29,30);1H. The summed E-state index contributed by atoms with van der Waals surface area (Å²) in [5, 5.41) is 15.2. The second-order valence-electron chi connectivity index (χ2n) is 7.96. The van der Waals surface area contributed by atoms with Gasteiger partial charge in [0.25, 0.3) is 0 Å². The number of aliphatic imine (C=N–C) groups is 1. The van der Waals surface area contributed by atoms with Gasteiger partial charge in [0.05, 0.1) is 17.7 Å². The minimum Gasteiger partial charge on any atom is -0.378 e. The Balaban J connectivity index is 0.00000385. The van der Waals surface area contributed by atoms with Crippen molar-refractivity contribution in [3.8, 4) is 6.07 Å². The van der Waals surface area contributed by atoms with Crippen LogP contribution in [0, 0.1) is 17.1 Å². The van der Waals surface area contributed by atoms with Crippen LogP contribution in [-0.4, -0.2) is 50.3 Å². The molecule has 0 atom stereocenters. The summed E-state index contributed by atoms with van der Waals surface area (Å²) >= 11 is 0. The van der Waals surface area contributed by atoms with Crippen LogP contribution in [-0.2, 0) is 17.8 Å². The van der Waals surface area contributed by atoms with Crippen molar-refractivity contribution in [1.29, 1.82) is 5.26 Å². The topological polar surface area (TPSA) is 72.7 Å². The van der Waals surface area contributed by atoms with E-state index in [9.17, 15) is 4.39 Å². The van der Waals surface area contributed by atoms with E-state index in [1.54, 1.807) is 19.2 Å². The highest BCUT2D eigenvalue weighted by molar-refractivity contribution is 14.0. The van der Waals surface area contributed by atoms with Crippen LogP contribution in [0.3, 0.4) is 0 Å². The first kappa shape index (κ1) is 27.0. The number of hydrogen-bond acceptors (Lipinski definition) is 4. The monoisotopic (exact) mass is 565 g/mol.